The fourth-order valence-corrected chi connectivity index (χ4v) is 5.31. The number of nitrogens with zero attached hydrogens (tertiary/aromatic N) is 4. The number of piperidine rings is 2. The third-order valence-corrected chi connectivity index (χ3v) is 6.30. The molecule has 0 unspecified atom stereocenters. The van der Waals surface area contributed by atoms with E-state index < -0.39 is 0 Å². The first-order valence-corrected chi connectivity index (χ1v) is 8.45. The summed E-state index contributed by atoms with van der Waals surface area (Å²) in [5.41, 5.74) is 1.33. The van der Waals surface area contributed by atoms with Crippen molar-refractivity contribution in [3.63, 3.8) is 0 Å². The zero-order valence-corrected chi connectivity index (χ0v) is 13.3. The van der Waals surface area contributed by atoms with Crippen LogP contribution in [-0.2, 0) is 0 Å². The molecule has 4 heterocycles. The summed E-state index contributed by atoms with van der Waals surface area (Å²) in [7, 11) is 4.55. The van der Waals surface area contributed by atoms with Gasteiger partial charge in [-0.05, 0) is 51.7 Å². The van der Waals surface area contributed by atoms with Gasteiger partial charge in [0.1, 0.15) is 0 Å². The first-order valence-electron chi connectivity index (χ1n) is 8.45. The van der Waals surface area contributed by atoms with Crippen molar-refractivity contribution in [3.05, 3.63) is 0 Å². The van der Waals surface area contributed by atoms with Gasteiger partial charge in [0.05, 0.1) is 0 Å². The Balaban J connectivity index is 1.27. The Bertz CT molecular complexity index is 361. The van der Waals surface area contributed by atoms with Gasteiger partial charge in [0.15, 0.2) is 0 Å². The van der Waals surface area contributed by atoms with Crippen LogP contribution < -0.4 is 0 Å². The molecule has 4 nitrogen and oxygen atoms in total. The minimum atomic E-state index is 0.638. The van der Waals surface area contributed by atoms with Gasteiger partial charge in [-0.1, -0.05) is 0 Å². The molecule has 0 saturated carbocycles. The summed E-state index contributed by atoms with van der Waals surface area (Å²) in [5, 5.41) is 5.33. The Kier molecular flexibility index (Phi) is 3.15. The average molecular weight is 278 g/mol. The average Bonchev–Trinajstić information content (AvgIpc) is 2.35. The van der Waals surface area contributed by atoms with Crippen molar-refractivity contribution in [2.45, 2.75) is 25.7 Å². The first kappa shape index (κ1) is 13.5. The maximum Gasteiger partial charge on any atom is 0.0215 e. The van der Waals surface area contributed by atoms with Crippen molar-refractivity contribution in [1.82, 2.24) is 19.8 Å². The molecule has 0 aromatic heterocycles. The van der Waals surface area contributed by atoms with Crippen LogP contribution in [0.3, 0.4) is 0 Å². The Morgan fingerprint density at radius 1 is 0.600 bits per heavy atom. The SMILES string of the molecule is CN1CC2(CCN(N3CC4(CCCN(C)C4)C3)CC2)C1. The van der Waals surface area contributed by atoms with E-state index in [0.29, 0.717) is 10.8 Å². The maximum absolute atomic E-state index is 2.67. The molecule has 4 saturated heterocycles. The van der Waals surface area contributed by atoms with Crippen LogP contribution in [0.15, 0.2) is 0 Å². The number of hydrogen-bond acceptors (Lipinski definition) is 4. The lowest BCUT2D eigenvalue weighted by atomic mass is 9.72. The zero-order valence-electron chi connectivity index (χ0n) is 13.3. The van der Waals surface area contributed by atoms with Crippen molar-refractivity contribution in [2.24, 2.45) is 10.8 Å². The second-order valence-electron chi connectivity index (χ2n) is 8.29. The second kappa shape index (κ2) is 4.67. The Morgan fingerprint density at radius 3 is 1.85 bits per heavy atom. The van der Waals surface area contributed by atoms with Gasteiger partial charge in [-0.25, -0.2) is 10.0 Å². The maximum atomic E-state index is 2.67. The molecule has 4 rings (SSSR count). The molecule has 0 N–H and O–H groups in total. The molecule has 4 aliphatic heterocycles. The number of rotatable bonds is 1. The molecule has 114 valence electrons. The van der Waals surface area contributed by atoms with E-state index in [9.17, 15) is 0 Å². The van der Waals surface area contributed by atoms with Crippen molar-refractivity contribution < 1.29 is 0 Å². The second-order valence-corrected chi connectivity index (χ2v) is 8.29. The van der Waals surface area contributed by atoms with E-state index in [1.807, 2.05) is 0 Å². The minimum absolute atomic E-state index is 0.638. The van der Waals surface area contributed by atoms with Gasteiger partial charge in [-0.3, -0.25) is 0 Å². The fourth-order valence-electron chi connectivity index (χ4n) is 5.31. The van der Waals surface area contributed by atoms with Crippen LogP contribution in [0.4, 0.5) is 0 Å². The molecule has 2 spiro atoms. The van der Waals surface area contributed by atoms with E-state index in [1.165, 1.54) is 78.0 Å². The molecule has 0 aliphatic carbocycles. The fraction of sp³-hybridized carbons (Fsp3) is 1.00. The predicted octanol–water partition coefficient (Wildman–Crippen LogP) is 0.957. The molecule has 4 aliphatic rings. The van der Waals surface area contributed by atoms with Gasteiger partial charge in [0.2, 0.25) is 0 Å². The van der Waals surface area contributed by atoms with Gasteiger partial charge < -0.3 is 9.80 Å². The molecule has 4 fully saturated rings. The van der Waals surface area contributed by atoms with Crippen LogP contribution in [-0.4, -0.2) is 86.3 Å². The summed E-state index contributed by atoms with van der Waals surface area (Å²) in [5.74, 6) is 0. The van der Waals surface area contributed by atoms with Crippen LogP contribution in [0.25, 0.3) is 0 Å². The van der Waals surface area contributed by atoms with Crippen LogP contribution in [0, 0.1) is 10.8 Å². The van der Waals surface area contributed by atoms with Crippen LogP contribution in [0.5, 0.6) is 0 Å². The Hall–Kier alpha value is -0.160. The molecular formula is C16H30N4. The summed E-state index contributed by atoms with van der Waals surface area (Å²) in [6.45, 7) is 10.6. The van der Waals surface area contributed by atoms with E-state index in [1.54, 1.807) is 0 Å². The van der Waals surface area contributed by atoms with Crippen molar-refractivity contribution >= 4 is 0 Å². The Labute approximate surface area is 123 Å². The number of hydrazine groups is 1. The lowest BCUT2D eigenvalue weighted by Gasteiger charge is -2.60. The highest BCUT2D eigenvalue weighted by Gasteiger charge is 2.49. The lowest BCUT2D eigenvalue weighted by molar-refractivity contribution is -0.191. The van der Waals surface area contributed by atoms with Crippen molar-refractivity contribution in [3.8, 4) is 0 Å². The molecular weight excluding hydrogens is 248 g/mol. The highest BCUT2D eigenvalue weighted by molar-refractivity contribution is 5.01. The van der Waals surface area contributed by atoms with Gasteiger partial charge in [0.25, 0.3) is 0 Å². The Morgan fingerprint density at radius 2 is 1.25 bits per heavy atom. The normalized spacial score (nSPS) is 35.1. The first-order chi connectivity index (χ1) is 9.58. The molecule has 0 radical (unpaired) electrons. The van der Waals surface area contributed by atoms with Crippen LogP contribution >= 0.6 is 0 Å². The van der Waals surface area contributed by atoms with Crippen LogP contribution in [0.2, 0.25) is 0 Å². The minimum Gasteiger partial charge on any atom is -0.306 e. The number of likely N-dealkylation sites (tertiary alicyclic amines) is 2. The summed E-state index contributed by atoms with van der Waals surface area (Å²) in [4.78, 5) is 5.02. The number of hydrogen-bond donors (Lipinski definition) is 0. The van der Waals surface area contributed by atoms with E-state index in [4.69, 9.17) is 0 Å². The van der Waals surface area contributed by atoms with Gasteiger partial charge >= 0.3 is 0 Å². The van der Waals surface area contributed by atoms with E-state index >= 15 is 0 Å². The summed E-state index contributed by atoms with van der Waals surface area (Å²) in [6.07, 6.45) is 5.69. The summed E-state index contributed by atoms with van der Waals surface area (Å²) >= 11 is 0. The smallest absolute Gasteiger partial charge is 0.0215 e. The standard InChI is InChI=1S/C16H30N4/c1-17-7-3-4-16(12-17)13-20(14-16)19-8-5-15(6-9-19)10-18(2)11-15/h3-14H2,1-2H3. The third kappa shape index (κ3) is 2.21. The van der Waals surface area contributed by atoms with Crippen molar-refractivity contribution in [2.75, 3.05) is 66.5 Å². The predicted molar refractivity (Wildman–Crippen MR) is 81.5 cm³/mol. The molecule has 0 aromatic carbocycles. The van der Waals surface area contributed by atoms with E-state index in [2.05, 4.69) is 33.9 Å². The van der Waals surface area contributed by atoms with Gasteiger partial charge in [-0.2, -0.15) is 0 Å². The summed E-state index contributed by atoms with van der Waals surface area (Å²) < 4.78 is 0. The molecule has 4 heteroatoms. The van der Waals surface area contributed by atoms with E-state index in [-0.39, 0.29) is 0 Å². The lowest BCUT2D eigenvalue weighted by Crippen LogP contribution is -2.69. The quantitative estimate of drug-likeness (QED) is 0.708. The zero-order chi connectivity index (χ0) is 13.8. The topological polar surface area (TPSA) is 13.0 Å². The van der Waals surface area contributed by atoms with Crippen molar-refractivity contribution in [1.29, 1.82) is 0 Å². The van der Waals surface area contributed by atoms with Gasteiger partial charge in [-0.15, -0.1) is 0 Å². The van der Waals surface area contributed by atoms with E-state index in [0.717, 1.165) is 0 Å². The third-order valence-electron chi connectivity index (χ3n) is 6.30. The van der Waals surface area contributed by atoms with Gasteiger partial charge in [0, 0.05) is 51.2 Å². The summed E-state index contributed by atoms with van der Waals surface area (Å²) in [6, 6.07) is 0. The highest BCUT2D eigenvalue weighted by Crippen LogP contribution is 2.43. The monoisotopic (exact) mass is 278 g/mol. The highest BCUT2D eigenvalue weighted by atomic mass is 15.7. The molecule has 0 bridgehead atoms. The largest absolute Gasteiger partial charge is 0.306 e. The molecule has 0 amide bonds. The molecule has 0 aromatic rings. The molecule has 0 atom stereocenters. The molecule has 20 heavy (non-hydrogen) atoms. The van der Waals surface area contributed by atoms with Crippen LogP contribution in [0.1, 0.15) is 25.7 Å².